The molecule has 5 N–H and O–H groups in total. The first-order valence-electron chi connectivity index (χ1n) is 7.34. The average molecular weight is 329 g/mol. The van der Waals surface area contributed by atoms with E-state index in [9.17, 15) is 19.5 Å². The van der Waals surface area contributed by atoms with Crippen LogP contribution in [0.5, 0.6) is 0 Å². The molecule has 1 rings (SSSR count). The van der Waals surface area contributed by atoms with Crippen LogP contribution in [0.2, 0.25) is 0 Å². The van der Waals surface area contributed by atoms with Crippen molar-refractivity contribution in [3.8, 4) is 0 Å². The maximum atomic E-state index is 12.3. The van der Waals surface area contributed by atoms with Crippen LogP contribution in [0.15, 0.2) is 11.8 Å². The molecular formula is C14H23N3O6. The highest BCUT2D eigenvalue weighted by Gasteiger charge is 2.43. The number of aliphatic carboxylic acids is 1. The third-order valence-corrected chi connectivity index (χ3v) is 3.60. The largest absolute Gasteiger partial charge is 0.478 e. The van der Waals surface area contributed by atoms with Gasteiger partial charge >= 0.3 is 5.97 Å². The molecule has 4 atom stereocenters. The van der Waals surface area contributed by atoms with Crippen LogP contribution in [0.25, 0.3) is 0 Å². The monoisotopic (exact) mass is 329 g/mol. The molecule has 9 heteroatoms. The van der Waals surface area contributed by atoms with E-state index in [0.717, 1.165) is 6.08 Å². The van der Waals surface area contributed by atoms with Crippen molar-refractivity contribution in [1.82, 2.24) is 10.2 Å². The first-order chi connectivity index (χ1) is 10.7. The van der Waals surface area contributed by atoms with E-state index >= 15 is 0 Å². The van der Waals surface area contributed by atoms with Crippen molar-refractivity contribution < 1.29 is 29.3 Å². The molecule has 130 valence electrons. The quantitative estimate of drug-likeness (QED) is 0.460. The summed E-state index contributed by atoms with van der Waals surface area (Å²) in [5.41, 5.74) is 5.85. The van der Waals surface area contributed by atoms with Crippen LogP contribution < -0.4 is 11.1 Å². The number of ether oxygens (including phenoxy) is 1. The minimum Gasteiger partial charge on any atom is -0.478 e. The molecule has 9 nitrogen and oxygen atoms in total. The number of likely N-dealkylation sites (N-methyl/N-ethyl adjacent to an activating group) is 1. The van der Waals surface area contributed by atoms with Crippen molar-refractivity contribution >= 4 is 17.8 Å². The smallest absolute Gasteiger partial charge is 0.370 e. The molecule has 2 amide bonds. The summed E-state index contributed by atoms with van der Waals surface area (Å²) in [5, 5.41) is 21.9. The number of amides is 2. The van der Waals surface area contributed by atoms with E-state index in [1.165, 1.54) is 11.8 Å². The minimum absolute atomic E-state index is 0.373. The van der Waals surface area contributed by atoms with Crippen molar-refractivity contribution in [3.63, 3.8) is 0 Å². The van der Waals surface area contributed by atoms with Gasteiger partial charge in [0.2, 0.25) is 11.7 Å². The number of carbonyl (C=O) groups is 3. The average Bonchev–Trinajstić information content (AvgIpc) is 2.48. The van der Waals surface area contributed by atoms with Gasteiger partial charge in [0, 0.05) is 20.0 Å². The molecule has 0 spiro atoms. The highest BCUT2D eigenvalue weighted by molar-refractivity contribution is 5.86. The van der Waals surface area contributed by atoms with E-state index in [4.69, 9.17) is 15.6 Å². The maximum absolute atomic E-state index is 12.3. The van der Waals surface area contributed by atoms with Crippen LogP contribution in [0, 0.1) is 0 Å². The molecule has 0 unspecified atom stereocenters. The molecule has 0 aliphatic carbocycles. The summed E-state index contributed by atoms with van der Waals surface area (Å²) in [4.78, 5) is 36.1. The first-order valence-corrected chi connectivity index (χ1v) is 7.34. The lowest BCUT2D eigenvalue weighted by molar-refractivity contribution is -0.154. The second kappa shape index (κ2) is 7.93. The molecular weight excluding hydrogens is 306 g/mol. The van der Waals surface area contributed by atoms with Crippen LogP contribution in [-0.4, -0.2) is 70.3 Å². The summed E-state index contributed by atoms with van der Waals surface area (Å²) >= 11 is 0. The molecule has 0 aromatic carbocycles. The molecule has 0 radical (unpaired) electrons. The normalized spacial score (nSPS) is 24.9. The van der Waals surface area contributed by atoms with Crippen molar-refractivity contribution in [2.75, 3.05) is 13.1 Å². The van der Waals surface area contributed by atoms with Gasteiger partial charge in [0.1, 0.15) is 0 Å². The number of hydrogen-bond donors (Lipinski definition) is 4. The molecule has 0 aromatic heterocycles. The van der Waals surface area contributed by atoms with E-state index < -0.39 is 47.8 Å². The van der Waals surface area contributed by atoms with Gasteiger partial charge in [-0.15, -0.1) is 0 Å². The molecule has 0 fully saturated rings. The number of nitrogens with two attached hydrogens (primary N) is 1. The van der Waals surface area contributed by atoms with Gasteiger partial charge in [-0.1, -0.05) is 0 Å². The third kappa shape index (κ3) is 4.42. The fourth-order valence-electron chi connectivity index (χ4n) is 2.42. The van der Waals surface area contributed by atoms with E-state index in [-0.39, 0.29) is 0 Å². The summed E-state index contributed by atoms with van der Waals surface area (Å²) in [7, 11) is 0. The van der Waals surface area contributed by atoms with Gasteiger partial charge in [0.05, 0.1) is 12.1 Å². The highest BCUT2D eigenvalue weighted by Crippen LogP contribution is 2.21. The standard InChI is InChI=1S/C14H23N3O6/c1-4-17(5-2)13(20)11(19)12-10(16-7(3)18)8(15)6-9(23-12)14(21)22/h6,8,10-12,19H,4-5,15H2,1-3H3,(H,16,18)(H,21,22)/t8-,10+,11-,12+/m0/s1. The topological polar surface area (TPSA) is 142 Å². The summed E-state index contributed by atoms with van der Waals surface area (Å²) < 4.78 is 5.22. The van der Waals surface area contributed by atoms with E-state index in [0.29, 0.717) is 13.1 Å². The number of aliphatic hydroxyl groups is 1. The maximum Gasteiger partial charge on any atom is 0.370 e. The Morgan fingerprint density at radius 1 is 1.39 bits per heavy atom. The fraction of sp³-hybridized carbons (Fsp3) is 0.643. The molecule has 1 aliphatic heterocycles. The van der Waals surface area contributed by atoms with Gasteiger partial charge in [-0.25, -0.2) is 4.79 Å². The van der Waals surface area contributed by atoms with Gasteiger partial charge in [-0.2, -0.15) is 0 Å². The molecule has 1 heterocycles. The Balaban J connectivity index is 3.10. The van der Waals surface area contributed by atoms with Crippen LogP contribution in [0.1, 0.15) is 20.8 Å². The van der Waals surface area contributed by atoms with Crippen molar-refractivity contribution in [1.29, 1.82) is 0 Å². The summed E-state index contributed by atoms with van der Waals surface area (Å²) in [6, 6.07) is -1.84. The highest BCUT2D eigenvalue weighted by atomic mass is 16.5. The van der Waals surface area contributed by atoms with Gasteiger partial charge in [-0.3, -0.25) is 9.59 Å². The third-order valence-electron chi connectivity index (χ3n) is 3.60. The SMILES string of the molecule is CCN(CC)C(=O)[C@@H](O)[C@@H]1OC(C(=O)O)=C[C@H](N)[C@H]1NC(C)=O. The zero-order chi connectivity index (χ0) is 17.7. The second-order valence-corrected chi connectivity index (χ2v) is 5.18. The van der Waals surface area contributed by atoms with Gasteiger partial charge in [0.15, 0.2) is 12.2 Å². The van der Waals surface area contributed by atoms with E-state index in [1.807, 2.05) is 0 Å². The molecule has 0 saturated heterocycles. The predicted molar refractivity (Wildman–Crippen MR) is 80.1 cm³/mol. The number of carboxylic acids is 1. The Labute approximate surface area is 134 Å². The van der Waals surface area contributed by atoms with Crippen molar-refractivity contribution in [3.05, 3.63) is 11.8 Å². The summed E-state index contributed by atoms with van der Waals surface area (Å²) in [5.74, 6) is -2.88. The second-order valence-electron chi connectivity index (χ2n) is 5.18. The van der Waals surface area contributed by atoms with Gasteiger partial charge < -0.3 is 30.9 Å². The minimum atomic E-state index is -1.65. The lowest BCUT2D eigenvalue weighted by atomic mass is 9.94. The van der Waals surface area contributed by atoms with E-state index in [2.05, 4.69) is 5.32 Å². The number of aliphatic hydroxyl groups excluding tert-OH is 1. The zero-order valence-corrected chi connectivity index (χ0v) is 13.4. The van der Waals surface area contributed by atoms with Crippen molar-refractivity contribution in [2.45, 2.75) is 45.1 Å². The van der Waals surface area contributed by atoms with Crippen molar-refractivity contribution in [2.24, 2.45) is 5.73 Å². The summed E-state index contributed by atoms with van der Waals surface area (Å²) in [6.07, 6.45) is -1.81. The van der Waals surface area contributed by atoms with Crippen LogP contribution in [0.4, 0.5) is 0 Å². The Hall–Kier alpha value is -2.13. The number of rotatable bonds is 6. The molecule has 1 aliphatic rings. The number of carbonyl (C=O) groups excluding carboxylic acids is 2. The fourth-order valence-corrected chi connectivity index (χ4v) is 2.42. The molecule has 23 heavy (non-hydrogen) atoms. The predicted octanol–water partition coefficient (Wildman–Crippen LogP) is -1.58. The van der Waals surface area contributed by atoms with Crippen LogP contribution in [-0.2, 0) is 19.1 Å². The molecule has 0 saturated carbocycles. The molecule has 0 bridgehead atoms. The Bertz CT molecular complexity index is 503. The lowest BCUT2D eigenvalue weighted by Gasteiger charge is -2.38. The number of nitrogens with one attached hydrogen (secondary N) is 1. The number of nitrogens with zero attached hydrogens (tertiary/aromatic N) is 1. The van der Waals surface area contributed by atoms with Crippen LogP contribution >= 0.6 is 0 Å². The Morgan fingerprint density at radius 3 is 2.39 bits per heavy atom. The van der Waals surface area contributed by atoms with E-state index in [1.54, 1.807) is 13.8 Å². The lowest BCUT2D eigenvalue weighted by Crippen LogP contribution is -2.62. The summed E-state index contributed by atoms with van der Waals surface area (Å²) in [6.45, 7) is 5.49. The first kappa shape index (κ1) is 18.9. The zero-order valence-electron chi connectivity index (χ0n) is 13.4. The van der Waals surface area contributed by atoms with Crippen LogP contribution in [0.3, 0.4) is 0 Å². The molecule has 0 aromatic rings. The number of carboxylic acid groups (broad SMARTS) is 1. The number of hydrogen-bond acceptors (Lipinski definition) is 6. The Kier molecular flexibility index (Phi) is 6.52. The van der Waals surface area contributed by atoms with Gasteiger partial charge in [-0.05, 0) is 19.9 Å². The Morgan fingerprint density at radius 2 is 1.96 bits per heavy atom. The van der Waals surface area contributed by atoms with Gasteiger partial charge in [0.25, 0.3) is 5.91 Å².